The van der Waals surface area contributed by atoms with E-state index in [0.29, 0.717) is 18.5 Å². The molecule has 0 saturated carbocycles. The summed E-state index contributed by atoms with van der Waals surface area (Å²) in [5.41, 5.74) is 5.33. The van der Waals surface area contributed by atoms with E-state index in [-0.39, 0.29) is 11.7 Å². The Labute approximate surface area is 195 Å². The van der Waals surface area contributed by atoms with Crippen molar-refractivity contribution in [3.63, 3.8) is 0 Å². The lowest BCUT2D eigenvalue weighted by molar-refractivity contribution is -0.121. The van der Waals surface area contributed by atoms with E-state index in [2.05, 4.69) is 96.7 Å². The van der Waals surface area contributed by atoms with Crippen molar-refractivity contribution in [1.82, 2.24) is 9.99 Å². The van der Waals surface area contributed by atoms with E-state index in [9.17, 15) is 9.90 Å². The maximum absolute atomic E-state index is 12.3. The van der Waals surface area contributed by atoms with Crippen LogP contribution in [0.2, 0.25) is 0 Å². The number of hydrogen-bond donors (Lipinski definition) is 2. The Morgan fingerprint density at radius 1 is 1.00 bits per heavy atom. The van der Waals surface area contributed by atoms with Crippen LogP contribution < -0.4 is 5.43 Å². The minimum atomic E-state index is -0.178. The fourth-order valence-electron chi connectivity index (χ4n) is 3.33. The first-order valence-corrected chi connectivity index (χ1v) is 11.2. The summed E-state index contributed by atoms with van der Waals surface area (Å²) in [5, 5.41) is 16.1. The number of fused-ring (bicyclic) bond motifs is 3. The number of rotatable bonds is 5. The molecule has 4 aromatic rings. The predicted molar refractivity (Wildman–Crippen MR) is 133 cm³/mol. The van der Waals surface area contributed by atoms with Gasteiger partial charge in [0.2, 0.25) is 5.91 Å². The van der Waals surface area contributed by atoms with E-state index in [0.717, 1.165) is 11.0 Å². The van der Waals surface area contributed by atoms with Gasteiger partial charge in [-0.2, -0.15) is 5.10 Å². The number of hydrazone groups is 1. The Morgan fingerprint density at radius 3 is 2.24 bits per heavy atom. The van der Waals surface area contributed by atoms with Crippen molar-refractivity contribution in [2.45, 2.75) is 13.0 Å². The van der Waals surface area contributed by atoms with Crippen LogP contribution in [0.4, 0.5) is 0 Å². The van der Waals surface area contributed by atoms with Gasteiger partial charge in [0.1, 0.15) is 5.75 Å². The summed E-state index contributed by atoms with van der Waals surface area (Å²) < 4.78 is 4.55. The predicted octanol–water partition coefficient (Wildman–Crippen LogP) is 5.25. The molecule has 2 N–H and O–H groups in total. The number of hydrogen-bond acceptors (Lipinski definition) is 3. The molecular formula is C22H17I2N3O2. The molecule has 0 atom stereocenters. The van der Waals surface area contributed by atoms with Gasteiger partial charge in [-0.15, -0.1) is 0 Å². The zero-order valence-corrected chi connectivity index (χ0v) is 19.6. The van der Waals surface area contributed by atoms with Crippen molar-refractivity contribution in [2.75, 3.05) is 0 Å². The number of phenols is 1. The number of benzene rings is 3. The molecule has 0 saturated heterocycles. The Hall–Kier alpha value is -2.14. The minimum absolute atomic E-state index is 0.125. The number of nitrogens with zero attached hydrogens (tertiary/aromatic N) is 2. The highest BCUT2D eigenvalue weighted by Crippen LogP contribution is 2.31. The van der Waals surface area contributed by atoms with Gasteiger partial charge >= 0.3 is 0 Å². The van der Waals surface area contributed by atoms with Crippen molar-refractivity contribution < 1.29 is 9.90 Å². The minimum Gasteiger partial charge on any atom is -0.507 e. The standard InChI is InChI=1S/C22H17I2N3O2/c23-15-5-7-19-17(11-15)18-12-16(24)6-8-20(18)27(19)10-9-22(29)26-25-13-14-3-1-2-4-21(14)28/h1-8,11-13,28H,9-10H2,(H,26,29). The first kappa shape index (κ1) is 20.1. The van der Waals surface area contributed by atoms with Gasteiger partial charge in [-0.25, -0.2) is 5.43 Å². The average Bonchev–Trinajstić information content (AvgIpc) is 3.00. The molecule has 0 aliphatic heterocycles. The zero-order valence-electron chi connectivity index (χ0n) is 15.3. The second-order valence-corrected chi connectivity index (χ2v) is 9.07. The maximum Gasteiger partial charge on any atom is 0.241 e. The molecule has 0 unspecified atom stereocenters. The van der Waals surface area contributed by atoms with Crippen LogP contribution in [0.25, 0.3) is 21.8 Å². The summed E-state index contributed by atoms with van der Waals surface area (Å²) in [4.78, 5) is 12.3. The van der Waals surface area contributed by atoms with Gasteiger partial charge in [0, 0.05) is 47.5 Å². The van der Waals surface area contributed by atoms with Gasteiger partial charge in [0.15, 0.2) is 0 Å². The molecule has 0 aliphatic carbocycles. The van der Waals surface area contributed by atoms with Crippen molar-refractivity contribution >= 4 is 79.1 Å². The van der Waals surface area contributed by atoms with Gasteiger partial charge in [0.05, 0.1) is 6.21 Å². The fourth-order valence-corrected chi connectivity index (χ4v) is 4.31. The Bertz CT molecular complexity index is 1190. The fraction of sp³-hybridized carbons (Fsp3) is 0.0909. The van der Waals surface area contributed by atoms with E-state index < -0.39 is 0 Å². The third kappa shape index (κ3) is 4.40. The molecule has 0 aliphatic rings. The Morgan fingerprint density at radius 2 is 1.62 bits per heavy atom. The van der Waals surface area contributed by atoms with E-state index in [1.165, 1.54) is 24.1 Å². The number of aromatic hydroxyl groups is 1. The van der Waals surface area contributed by atoms with Crippen LogP contribution >= 0.6 is 45.2 Å². The van der Waals surface area contributed by atoms with E-state index >= 15 is 0 Å². The lowest BCUT2D eigenvalue weighted by Gasteiger charge is -2.07. The summed E-state index contributed by atoms with van der Waals surface area (Å²) in [7, 11) is 0. The van der Waals surface area contributed by atoms with Crippen molar-refractivity contribution in [2.24, 2.45) is 5.10 Å². The first-order chi connectivity index (χ1) is 14.0. The second-order valence-electron chi connectivity index (χ2n) is 6.58. The van der Waals surface area contributed by atoms with E-state index in [1.807, 2.05) is 0 Å². The number of amides is 1. The molecule has 0 spiro atoms. The molecule has 7 heteroatoms. The normalized spacial score (nSPS) is 11.5. The maximum atomic E-state index is 12.3. The largest absolute Gasteiger partial charge is 0.507 e. The first-order valence-electron chi connectivity index (χ1n) is 9.00. The third-order valence-corrected chi connectivity index (χ3v) is 6.02. The smallest absolute Gasteiger partial charge is 0.241 e. The van der Waals surface area contributed by atoms with Crippen LogP contribution in [-0.4, -0.2) is 21.8 Å². The topological polar surface area (TPSA) is 66.6 Å². The molecule has 1 heterocycles. The van der Waals surface area contributed by atoms with E-state index in [4.69, 9.17) is 0 Å². The highest BCUT2D eigenvalue weighted by Gasteiger charge is 2.12. The Balaban J connectivity index is 1.53. The Kier molecular flexibility index (Phi) is 6.04. The van der Waals surface area contributed by atoms with Crippen molar-refractivity contribution in [3.8, 4) is 5.75 Å². The summed E-state index contributed by atoms with van der Waals surface area (Å²) >= 11 is 4.65. The molecule has 5 nitrogen and oxygen atoms in total. The molecule has 29 heavy (non-hydrogen) atoms. The quantitative estimate of drug-likeness (QED) is 0.185. The number of carbonyl (C=O) groups excluding carboxylic acids is 1. The van der Waals surface area contributed by atoms with Gasteiger partial charge in [-0.05, 0) is 93.7 Å². The van der Waals surface area contributed by atoms with Crippen LogP contribution in [0.15, 0.2) is 65.8 Å². The number of nitrogens with one attached hydrogen (secondary N) is 1. The summed E-state index contributed by atoms with van der Waals surface area (Å²) in [5.74, 6) is -0.0530. The van der Waals surface area contributed by atoms with Crippen molar-refractivity contribution in [1.29, 1.82) is 0 Å². The average molecular weight is 609 g/mol. The molecule has 4 rings (SSSR count). The molecule has 3 aromatic carbocycles. The van der Waals surface area contributed by atoms with Gasteiger partial charge in [0.25, 0.3) is 0 Å². The summed E-state index contributed by atoms with van der Waals surface area (Å²) in [6, 6.07) is 19.6. The van der Waals surface area contributed by atoms with Crippen LogP contribution in [0, 0.1) is 7.14 Å². The van der Waals surface area contributed by atoms with Crippen molar-refractivity contribution in [3.05, 3.63) is 73.4 Å². The number of phenolic OH excluding ortho intramolecular Hbond substituents is 1. The lowest BCUT2D eigenvalue weighted by Crippen LogP contribution is -2.19. The molecule has 0 bridgehead atoms. The van der Waals surface area contributed by atoms with Gasteiger partial charge in [-0.3, -0.25) is 4.79 Å². The zero-order chi connectivity index (χ0) is 20.4. The summed E-state index contributed by atoms with van der Waals surface area (Å²) in [6.07, 6.45) is 1.74. The van der Waals surface area contributed by atoms with Crippen LogP contribution in [0.1, 0.15) is 12.0 Å². The second kappa shape index (κ2) is 8.70. The molecule has 146 valence electrons. The van der Waals surface area contributed by atoms with Crippen LogP contribution in [-0.2, 0) is 11.3 Å². The molecule has 0 radical (unpaired) electrons. The van der Waals surface area contributed by atoms with Gasteiger partial charge < -0.3 is 9.67 Å². The number of aryl methyl sites for hydroxylation is 1. The van der Waals surface area contributed by atoms with Crippen LogP contribution in [0.5, 0.6) is 5.75 Å². The molecule has 1 amide bonds. The number of carbonyl (C=O) groups is 1. The van der Waals surface area contributed by atoms with Crippen LogP contribution in [0.3, 0.4) is 0 Å². The number of halogens is 2. The van der Waals surface area contributed by atoms with Gasteiger partial charge in [-0.1, -0.05) is 12.1 Å². The molecular weight excluding hydrogens is 592 g/mol. The SMILES string of the molecule is O=C(CCn1c2ccc(I)cc2c2cc(I)ccc21)NN=Cc1ccccc1O. The number of para-hydroxylation sites is 1. The highest BCUT2D eigenvalue weighted by atomic mass is 127. The highest BCUT2D eigenvalue weighted by molar-refractivity contribution is 14.1. The molecule has 0 fully saturated rings. The van der Waals surface area contributed by atoms with E-state index in [1.54, 1.807) is 24.3 Å². The monoisotopic (exact) mass is 609 g/mol. The summed E-state index contributed by atoms with van der Waals surface area (Å²) in [6.45, 7) is 0.555. The number of aromatic nitrogens is 1. The lowest BCUT2D eigenvalue weighted by atomic mass is 10.2. The molecule has 1 aromatic heterocycles. The third-order valence-electron chi connectivity index (χ3n) is 4.68.